The Bertz CT molecular complexity index is 749. The van der Waals surface area contributed by atoms with E-state index in [2.05, 4.69) is 46.7 Å². The van der Waals surface area contributed by atoms with Crippen LogP contribution in [0.1, 0.15) is 63.0 Å². The molecule has 6 nitrogen and oxygen atoms in total. The Hall–Kier alpha value is -1.35. The maximum Gasteiger partial charge on any atom is 0.222 e. The SMILES string of the molecule is CCNC(=NCc1cccc(CN2CCCC2=O)c1)NC1CCN(C2CCCC2)C1.I. The molecule has 1 aliphatic carbocycles. The van der Waals surface area contributed by atoms with Crippen LogP contribution in [0.25, 0.3) is 0 Å². The quantitative estimate of drug-likeness (QED) is 0.317. The Morgan fingerprint density at radius 1 is 1.13 bits per heavy atom. The predicted molar refractivity (Wildman–Crippen MR) is 137 cm³/mol. The molecule has 1 aromatic rings. The number of carbonyl (C=O) groups excluding carboxylic acids is 1. The summed E-state index contributed by atoms with van der Waals surface area (Å²) in [4.78, 5) is 21.4. The van der Waals surface area contributed by atoms with Gasteiger partial charge < -0.3 is 15.5 Å². The lowest BCUT2D eigenvalue weighted by molar-refractivity contribution is -0.128. The molecule has 0 aromatic heterocycles. The smallest absolute Gasteiger partial charge is 0.222 e. The van der Waals surface area contributed by atoms with Crippen molar-refractivity contribution >= 4 is 35.8 Å². The molecule has 1 amide bonds. The van der Waals surface area contributed by atoms with Gasteiger partial charge in [0, 0.05) is 51.2 Å². The van der Waals surface area contributed by atoms with Crippen LogP contribution in [0.4, 0.5) is 0 Å². The maximum absolute atomic E-state index is 11.9. The molecule has 3 aliphatic rings. The van der Waals surface area contributed by atoms with Gasteiger partial charge in [0.05, 0.1) is 6.54 Å². The molecule has 3 fully saturated rings. The number of benzene rings is 1. The van der Waals surface area contributed by atoms with Gasteiger partial charge in [-0.1, -0.05) is 37.1 Å². The molecule has 0 bridgehead atoms. The third kappa shape index (κ3) is 6.81. The van der Waals surface area contributed by atoms with E-state index in [1.165, 1.54) is 49.8 Å². The number of nitrogens with zero attached hydrogens (tertiary/aromatic N) is 3. The Morgan fingerprint density at radius 3 is 2.68 bits per heavy atom. The molecular formula is C24H38IN5O. The number of carbonyl (C=O) groups is 1. The Labute approximate surface area is 204 Å². The van der Waals surface area contributed by atoms with Crippen LogP contribution in [0.2, 0.25) is 0 Å². The average molecular weight is 540 g/mol. The normalized spacial score (nSPS) is 22.7. The van der Waals surface area contributed by atoms with E-state index in [9.17, 15) is 4.79 Å². The second-order valence-electron chi connectivity index (χ2n) is 9.00. The number of rotatable bonds is 7. The van der Waals surface area contributed by atoms with E-state index in [1.807, 2.05) is 4.90 Å². The Morgan fingerprint density at radius 2 is 1.94 bits per heavy atom. The van der Waals surface area contributed by atoms with Gasteiger partial charge in [0.25, 0.3) is 0 Å². The van der Waals surface area contributed by atoms with Gasteiger partial charge in [-0.15, -0.1) is 24.0 Å². The first-order valence-electron chi connectivity index (χ1n) is 11.9. The second kappa shape index (κ2) is 12.0. The lowest BCUT2D eigenvalue weighted by Crippen LogP contribution is -2.45. The molecule has 172 valence electrons. The predicted octanol–water partition coefficient (Wildman–Crippen LogP) is 3.50. The van der Waals surface area contributed by atoms with Crippen molar-refractivity contribution in [3.05, 3.63) is 35.4 Å². The minimum absolute atomic E-state index is 0. The molecule has 2 aliphatic heterocycles. The first-order chi connectivity index (χ1) is 14.7. The highest BCUT2D eigenvalue weighted by atomic mass is 127. The molecule has 31 heavy (non-hydrogen) atoms. The van der Waals surface area contributed by atoms with Gasteiger partial charge in [-0.25, -0.2) is 4.99 Å². The fourth-order valence-electron chi connectivity index (χ4n) is 5.11. The van der Waals surface area contributed by atoms with Crippen molar-refractivity contribution in [1.29, 1.82) is 0 Å². The van der Waals surface area contributed by atoms with Crippen LogP contribution in [-0.2, 0) is 17.9 Å². The summed E-state index contributed by atoms with van der Waals surface area (Å²) in [6.07, 6.45) is 8.42. The summed E-state index contributed by atoms with van der Waals surface area (Å²) in [7, 11) is 0. The molecule has 4 rings (SSSR count). The second-order valence-corrected chi connectivity index (χ2v) is 9.00. The number of nitrogens with one attached hydrogen (secondary N) is 2. The minimum atomic E-state index is 0. The summed E-state index contributed by atoms with van der Waals surface area (Å²) < 4.78 is 0. The van der Waals surface area contributed by atoms with Crippen molar-refractivity contribution in [1.82, 2.24) is 20.4 Å². The highest BCUT2D eigenvalue weighted by Crippen LogP contribution is 2.26. The van der Waals surface area contributed by atoms with E-state index in [4.69, 9.17) is 4.99 Å². The molecule has 7 heteroatoms. The molecule has 1 unspecified atom stereocenters. The van der Waals surface area contributed by atoms with E-state index >= 15 is 0 Å². The van der Waals surface area contributed by atoms with Gasteiger partial charge >= 0.3 is 0 Å². The summed E-state index contributed by atoms with van der Waals surface area (Å²) in [6, 6.07) is 9.80. The van der Waals surface area contributed by atoms with Gasteiger partial charge in [-0.3, -0.25) is 9.69 Å². The monoisotopic (exact) mass is 539 g/mol. The largest absolute Gasteiger partial charge is 0.357 e. The lowest BCUT2D eigenvalue weighted by Gasteiger charge is -2.24. The van der Waals surface area contributed by atoms with Gasteiger partial charge in [0.15, 0.2) is 5.96 Å². The molecule has 1 atom stereocenters. The number of guanidine groups is 1. The van der Waals surface area contributed by atoms with Gasteiger partial charge in [-0.05, 0) is 43.7 Å². The zero-order valence-corrected chi connectivity index (χ0v) is 21.1. The van der Waals surface area contributed by atoms with Crippen LogP contribution >= 0.6 is 24.0 Å². The van der Waals surface area contributed by atoms with Crippen molar-refractivity contribution in [3.63, 3.8) is 0 Å². The van der Waals surface area contributed by atoms with E-state index in [0.29, 0.717) is 25.6 Å². The summed E-state index contributed by atoms with van der Waals surface area (Å²) in [5, 5.41) is 7.07. The molecular weight excluding hydrogens is 501 g/mol. The molecule has 2 N–H and O–H groups in total. The van der Waals surface area contributed by atoms with Crippen LogP contribution in [0, 0.1) is 0 Å². The first kappa shape index (κ1) is 24.3. The third-order valence-electron chi connectivity index (χ3n) is 6.70. The number of halogens is 1. The van der Waals surface area contributed by atoms with Gasteiger partial charge in [0.1, 0.15) is 0 Å². The van der Waals surface area contributed by atoms with Crippen LogP contribution in [0.5, 0.6) is 0 Å². The van der Waals surface area contributed by atoms with Crippen LogP contribution in [0.15, 0.2) is 29.3 Å². The van der Waals surface area contributed by atoms with E-state index in [-0.39, 0.29) is 29.9 Å². The Kier molecular flexibility index (Phi) is 9.44. The van der Waals surface area contributed by atoms with Gasteiger partial charge in [0.2, 0.25) is 5.91 Å². The number of likely N-dealkylation sites (tertiary alicyclic amines) is 2. The van der Waals surface area contributed by atoms with E-state index in [1.54, 1.807) is 0 Å². The molecule has 1 aromatic carbocycles. The third-order valence-corrected chi connectivity index (χ3v) is 6.70. The van der Waals surface area contributed by atoms with Crippen LogP contribution in [0.3, 0.4) is 0 Å². The van der Waals surface area contributed by atoms with Crippen LogP contribution in [-0.4, -0.2) is 59.9 Å². The standard InChI is InChI=1S/C24H37N5O.HI/c1-2-25-24(27-21-12-14-28(18-21)22-9-3-4-10-22)26-16-19-7-5-8-20(15-19)17-29-13-6-11-23(29)30;/h5,7-8,15,21-22H,2-4,6,9-14,16-18H2,1H3,(H2,25,26,27);1H. The number of hydrogen-bond acceptors (Lipinski definition) is 3. The highest BCUT2D eigenvalue weighted by Gasteiger charge is 2.30. The highest BCUT2D eigenvalue weighted by molar-refractivity contribution is 14.0. The number of amides is 1. The fourth-order valence-corrected chi connectivity index (χ4v) is 5.11. The van der Waals surface area contributed by atoms with Gasteiger partial charge in [-0.2, -0.15) is 0 Å². The number of aliphatic imine (C=N–C) groups is 1. The molecule has 2 saturated heterocycles. The van der Waals surface area contributed by atoms with E-state index < -0.39 is 0 Å². The van der Waals surface area contributed by atoms with Crippen molar-refractivity contribution in [2.75, 3.05) is 26.2 Å². The van der Waals surface area contributed by atoms with Crippen LogP contribution < -0.4 is 10.6 Å². The summed E-state index contributed by atoms with van der Waals surface area (Å²) in [5.41, 5.74) is 2.38. The lowest BCUT2D eigenvalue weighted by atomic mass is 10.1. The minimum Gasteiger partial charge on any atom is -0.357 e. The molecule has 0 radical (unpaired) electrons. The van der Waals surface area contributed by atoms with Crippen molar-refractivity contribution in [2.45, 2.75) is 77.0 Å². The summed E-state index contributed by atoms with van der Waals surface area (Å²) >= 11 is 0. The zero-order chi connectivity index (χ0) is 20.8. The molecule has 1 saturated carbocycles. The molecule has 0 spiro atoms. The van der Waals surface area contributed by atoms with Crippen molar-refractivity contribution in [2.24, 2.45) is 4.99 Å². The molecule has 2 heterocycles. The zero-order valence-electron chi connectivity index (χ0n) is 18.8. The van der Waals surface area contributed by atoms with Crippen molar-refractivity contribution in [3.8, 4) is 0 Å². The van der Waals surface area contributed by atoms with Crippen molar-refractivity contribution < 1.29 is 4.79 Å². The average Bonchev–Trinajstić information content (AvgIpc) is 3.50. The maximum atomic E-state index is 11.9. The summed E-state index contributed by atoms with van der Waals surface area (Å²) in [5.74, 6) is 1.19. The summed E-state index contributed by atoms with van der Waals surface area (Å²) in [6.45, 7) is 7.57. The topological polar surface area (TPSA) is 60.0 Å². The number of hydrogen-bond donors (Lipinski definition) is 2. The van der Waals surface area contributed by atoms with E-state index in [0.717, 1.165) is 38.1 Å². The fraction of sp³-hybridized carbons (Fsp3) is 0.667. The Balaban J connectivity index is 0.00000272. The first-order valence-corrected chi connectivity index (χ1v) is 11.9.